The van der Waals surface area contributed by atoms with Gasteiger partial charge in [-0.2, -0.15) is 0 Å². The lowest BCUT2D eigenvalue weighted by atomic mass is 10.1. The summed E-state index contributed by atoms with van der Waals surface area (Å²) in [6.07, 6.45) is 8.94. The van der Waals surface area contributed by atoms with Crippen molar-refractivity contribution in [2.45, 2.75) is 31.9 Å². The van der Waals surface area contributed by atoms with Crippen molar-refractivity contribution in [2.75, 3.05) is 13.2 Å². The summed E-state index contributed by atoms with van der Waals surface area (Å²) in [7, 11) is 0. The molecule has 0 radical (unpaired) electrons. The number of rotatable bonds is 4. The van der Waals surface area contributed by atoms with Crippen molar-refractivity contribution in [3.63, 3.8) is 0 Å². The molecule has 0 saturated carbocycles. The number of aromatic nitrogens is 2. The van der Waals surface area contributed by atoms with Gasteiger partial charge in [-0.1, -0.05) is 6.42 Å². The molecule has 1 N–H and O–H groups in total. The molecule has 2 rings (SSSR count). The number of piperidine rings is 1. The predicted octanol–water partition coefficient (Wildman–Crippen LogP) is 1.14. The van der Waals surface area contributed by atoms with E-state index in [-0.39, 0.29) is 0 Å². The van der Waals surface area contributed by atoms with Gasteiger partial charge in [0.15, 0.2) is 0 Å². The molecule has 1 aliphatic heterocycles. The van der Waals surface area contributed by atoms with E-state index in [2.05, 4.69) is 15.3 Å². The fourth-order valence-corrected chi connectivity index (χ4v) is 1.78. The topological polar surface area (TPSA) is 47.0 Å². The van der Waals surface area contributed by atoms with Crippen LogP contribution in [0.4, 0.5) is 0 Å². The molecular weight excluding hydrogens is 190 g/mol. The van der Waals surface area contributed by atoms with Crippen molar-refractivity contribution < 1.29 is 4.74 Å². The molecule has 0 amide bonds. The first kappa shape index (κ1) is 10.5. The van der Waals surface area contributed by atoms with E-state index in [1.165, 1.54) is 19.3 Å². The summed E-state index contributed by atoms with van der Waals surface area (Å²) in [6.45, 7) is 2.46. The van der Waals surface area contributed by atoms with Crippen LogP contribution >= 0.6 is 0 Å². The molecule has 1 unspecified atom stereocenters. The van der Waals surface area contributed by atoms with Crippen LogP contribution in [0.3, 0.4) is 0 Å². The summed E-state index contributed by atoms with van der Waals surface area (Å²) in [5.74, 6) is 0. The van der Waals surface area contributed by atoms with Crippen LogP contribution in [0.1, 0.15) is 25.0 Å². The zero-order chi connectivity index (χ0) is 10.3. The molecular formula is C11H17N3O. The van der Waals surface area contributed by atoms with Gasteiger partial charge in [0, 0.05) is 18.4 Å². The summed E-state index contributed by atoms with van der Waals surface area (Å²) in [5.41, 5.74) is 0.897. The average molecular weight is 207 g/mol. The van der Waals surface area contributed by atoms with E-state index in [1.54, 1.807) is 18.6 Å². The first-order chi connectivity index (χ1) is 7.45. The van der Waals surface area contributed by atoms with E-state index in [4.69, 9.17) is 4.74 Å². The number of hydrogen-bond donors (Lipinski definition) is 1. The maximum absolute atomic E-state index is 5.59. The molecule has 1 saturated heterocycles. The minimum atomic E-state index is 0.524. The zero-order valence-electron chi connectivity index (χ0n) is 8.85. The van der Waals surface area contributed by atoms with Gasteiger partial charge in [-0.25, -0.2) is 0 Å². The predicted molar refractivity (Wildman–Crippen MR) is 57.3 cm³/mol. The van der Waals surface area contributed by atoms with Crippen molar-refractivity contribution in [3.05, 3.63) is 24.3 Å². The lowest BCUT2D eigenvalue weighted by Gasteiger charge is -2.22. The summed E-state index contributed by atoms with van der Waals surface area (Å²) < 4.78 is 5.59. The molecule has 1 aromatic heterocycles. The van der Waals surface area contributed by atoms with E-state index in [1.807, 2.05) is 0 Å². The highest BCUT2D eigenvalue weighted by atomic mass is 16.5. The Hall–Kier alpha value is -1.00. The zero-order valence-corrected chi connectivity index (χ0v) is 8.85. The second kappa shape index (κ2) is 5.78. The average Bonchev–Trinajstić information content (AvgIpc) is 2.32. The van der Waals surface area contributed by atoms with Gasteiger partial charge in [-0.3, -0.25) is 9.97 Å². The Balaban J connectivity index is 1.66. The standard InChI is InChI=1S/C11H17N3O/c1-2-4-13-10(3-1)8-15-9-11-7-12-5-6-14-11/h5-7,10,13H,1-4,8-9H2. The third-order valence-corrected chi connectivity index (χ3v) is 2.60. The van der Waals surface area contributed by atoms with Crippen LogP contribution in [-0.4, -0.2) is 29.2 Å². The fraction of sp³-hybridized carbons (Fsp3) is 0.636. The second-order valence-corrected chi connectivity index (χ2v) is 3.86. The summed E-state index contributed by atoms with van der Waals surface area (Å²) in [6, 6.07) is 0.524. The van der Waals surface area contributed by atoms with Crippen molar-refractivity contribution in [1.82, 2.24) is 15.3 Å². The minimum absolute atomic E-state index is 0.524. The Morgan fingerprint density at radius 3 is 3.13 bits per heavy atom. The molecule has 0 aliphatic carbocycles. The van der Waals surface area contributed by atoms with Crippen molar-refractivity contribution in [1.29, 1.82) is 0 Å². The molecule has 2 heterocycles. The van der Waals surface area contributed by atoms with Gasteiger partial charge in [0.1, 0.15) is 0 Å². The first-order valence-corrected chi connectivity index (χ1v) is 5.51. The van der Waals surface area contributed by atoms with E-state index in [0.29, 0.717) is 12.6 Å². The highest BCUT2D eigenvalue weighted by Crippen LogP contribution is 2.07. The largest absolute Gasteiger partial charge is 0.373 e. The molecule has 1 atom stereocenters. The first-order valence-electron chi connectivity index (χ1n) is 5.51. The number of nitrogens with one attached hydrogen (secondary N) is 1. The molecule has 82 valence electrons. The third kappa shape index (κ3) is 3.57. The van der Waals surface area contributed by atoms with Crippen LogP contribution in [0.25, 0.3) is 0 Å². The van der Waals surface area contributed by atoms with Gasteiger partial charge >= 0.3 is 0 Å². The van der Waals surface area contributed by atoms with Gasteiger partial charge < -0.3 is 10.1 Å². The molecule has 15 heavy (non-hydrogen) atoms. The van der Waals surface area contributed by atoms with Gasteiger partial charge in [-0.15, -0.1) is 0 Å². The quantitative estimate of drug-likeness (QED) is 0.804. The monoisotopic (exact) mass is 207 g/mol. The van der Waals surface area contributed by atoms with E-state index < -0.39 is 0 Å². The summed E-state index contributed by atoms with van der Waals surface area (Å²) in [4.78, 5) is 8.15. The van der Waals surface area contributed by atoms with E-state index in [9.17, 15) is 0 Å². The summed E-state index contributed by atoms with van der Waals surface area (Å²) in [5, 5.41) is 3.44. The maximum atomic E-state index is 5.59. The molecule has 4 nitrogen and oxygen atoms in total. The molecule has 1 aromatic rings. The molecule has 0 spiro atoms. The highest BCUT2D eigenvalue weighted by molar-refractivity contribution is 4.92. The Morgan fingerprint density at radius 2 is 2.40 bits per heavy atom. The molecule has 0 aromatic carbocycles. The van der Waals surface area contributed by atoms with Gasteiger partial charge in [0.25, 0.3) is 0 Å². The summed E-state index contributed by atoms with van der Waals surface area (Å²) >= 11 is 0. The van der Waals surface area contributed by atoms with Crippen LogP contribution in [0, 0.1) is 0 Å². The van der Waals surface area contributed by atoms with Crippen molar-refractivity contribution >= 4 is 0 Å². The minimum Gasteiger partial charge on any atom is -0.373 e. The van der Waals surface area contributed by atoms with Crippen LogP contribution < -0.4 is 5.32 Å². The van der Waals surface area contributed by atoms with Gasteiger partial charge in [0.2, 0.25) is 0 Å². The van der Waals surface area contributed by atoms with E-state index >= 15 is 0 Å². The fourth-order valence-electron chi connectivity index (χ4n) is 1.78. The smallest absolute Gasteiger partial charge is 0.0904 e. The number of hydrogen-bond acceptors (Lipinski definition) is 4. The molecule has 0 bridgehead atoms. The Bertz CT molecular complexity index is 272. The Labute approximate surface area is 90.1 Å². The van der Waals surface area contributed by atoms with Gasteiger partial charge in [0.05, 0.1) is 25.1 Å². The molecule has 4 heteroatoms. The normalized spacial score (nSPS) is 21.5. The van der Waals surface area contributed by atoms with Crippen molar-refractivity contribution in [2.24, 2.45) is 0 Å². The van der Waals surface area contributed by atoms with Crippen LogP contribution in [0.5, 0.6) is 0 Å². The lowest BCUT2D eigenvalue weighted by Crippen LogP contribution is -2.37. The molecule has 1 aliphatic rings. The van der Waals surface area contributed by atoms with Crippen molar-refractivity contribution in [3.8, 4) is 0 Å². The highest BCUT2D eigenvalue weighted by Gasteiger charge is 2.12. The van der Waals surface area contributed by atoms with Crippen LogP contribution in [0.15, 0.2) is 18.6 Å². The third-order valence-electron chi connectivity index (χ3n) is 2.60. The Kier molecular flexibility index (Phi) is 4.05. The van der Waals surface area contributed by atoms with Gasteiger partial charge in [-0.05, 0) is 19.4 Å². The van der Waals surface area contributed by atoms with Crippen LogP contribution in [-0.2, 0) is 11.3 Å². The van der Waals surface area contributed by atoms with E-state index in [0.717, 1.165) is 18.8 Å². The lowest BCUT2D eigenvalue weighted by molar-refractivity contribution is 0.0888. The maximum Gasteiger partial charge on any atom is 0.0904 e. The number of nitrogens with zero attached hydrogens (tertiary/aromatic N) is 2. The number of ether oxygens (including phenoxy) is 1. The second-order valence-electron chi connectivity index (χ2n) is 3.86. The SMILES string of the molecule is c1cnc(COCC2CCCCN2)cn1. The van der Waals surface area contributed by atoms with Crippen LogP contribution in [0.2, 0.25) is 0 Å². The Morgan fingerprint density at radius 1 is 1.40 bits per heavy atom. The molecule has 1 fully saturated rings.